The number of carbonyl (C=O) groups excluding carboxylic acids is 2. The number of rotatable bonds is 2. The molecule has 0 spiro atoms. The number of hydrogen-bond acceptors (Lipinski definition) is 5. The van der Waals surface area contributed by atoms with Gasteiger partial charge in [0.1, 0.15) is 17.4 Å². The van der Waals surface area contributed by atoms with E-state index in [0.29, 0.717) is 11.3 Å². The molecule has 2 amide bonds. The number of aromatic carboxylic acids is 1. The topological polar surface area (TPSA) is 99.6 Å². The third kappa shape index (κ3) is 2.34. The fourth-order valence-electron chi connectivity index (χ4n) is 2.26. The van der Waals surface area contributed by atoms with Crippen LogP contribution < -0.4 is 10.2 Å². The zero-order chi connectivity index (χ0) is 15.0. The second kappa shape index (κ2) is 4.92. The Kier molecular flexibility index (Phi) is 3.44. The second-order valence-corrected chi connectivity index (χ2v) is 4.80. The van der Waals surface area contributed by atoms with Crippen molar-refractivity contribution in [2.75, 3.05) is 11.4 Å². The number of nitrogens with one attached hydrogen (secondary N) is 1. The third-order valence-electron chi connectivity index (χ3n) is 3.24. The van der Waals surface area contributed by atoms with Gasteiger partial charge in [0.15, 0.2) is 0 Å². The standard InChI is InChI=1S/C13H15N3O4/c1-6-4-7(2)14-11(10(6)13(19)20)16-5-9(17)15-12(18)8(16)3/h4,8H,5H2,1-3H3,(H,19,20)(H,15,17,18). The Morgan fingerprint density at radius 2 is 2.10 bits per heavy atom. The van der Waals surface area contributed by atoms with Crippen molar-refractivity contribution in [3.05, 3.63) is 22.9 Å². The first-order valence-corrected chi connectivity index (χ1v) is 6.13. The Morgan fingerprint density at radius 1 is 1.45 bits per heavy atom. The molecule has 7 nitrogen and oxygen atoms in total. The highest BCUT2D eigenvalue weighted by Crippen LogP contribution is 2.25. The average Bonchev–Trinajstić information content (AvgIpc) is 2.32. The molecule has 20 heavy (non-hydrogen) atoms. The van der Waals surface area contributed by atoms with Crippen LogP contribution in [0, 0.1) is 13.8 Å². The van der Waals surface area contributed by atoms with Gasteiger partial charge in [-0.05, 0) is 32.4 Å². The van der Waals surface area contributed by atoms with Crippen LogP contribution in [0.4, 0.5) is 5.82 Å². The maximum Gasteiger partial charge on any atom is 0.339 e. The summed E-state index contributed by atoms with van der Waals surface area (Å²) in [7, 11) is 0. The van der Waals surface area contributed by atoms with Gasteiger partial charge >= 0.3 is 5.97 Å². The molecule has 1 atom stereocenters. The van der Waals surface area contributed by atoms with Crippen LogP contribution in [0.25, 0.3) is 0 Å². The Hall–Kier alpha value is -2.44. The lowest BCUT2D eigenvalue weighted by molar-refractivity contribution is -0.132. The van der Waals surface area contributed by atoms with Crippen molar-refractivity contribution in [2.24, 2.45) is 0 Å². The van der Waals surface area contributed by atoms with Gasteiger partial charge in [0, 0.05) is 5.69 Å². The van der Waals surface area contributed by atoms with Gasteiger partial charge in [0.2, 0.25) is 11.8 Å². The molecule has 0 aromatic carbocycles. The molecule has 1 unspecified atom stereocenters. The van der Waals surface area contributed by atoms with Crippen molar-refractivity contribution >= 4 is 23.6 Å². The minimum absolute atomic E-state index is 0.0185. The number of hydrogen-bond donors (Lipinski definition) is 2. The predicted octanol–water partition coefficient (Wildman–Crippen LogP) is 0.248. The summed E-state index contributed by atoms with van der Waals surface area (Å²) in [6.07, 6.45) is 0. The van der Waals surface area contributed by atoms with Crippen LogP contribution in [0.3, 0.4) is 0 Å². The lowest BCUT2D eigenvalue weighted by Gasteiger charge is -2.33. The van der Waals surface area contributed by atoms with Crippen molar-refractivity contribution in [2.45, 2.75) is 26.8 Å². The quantitative estimate of drug-likeness (QED) is 0.752. The lowest BCUT2D eigenvalue weighted by atomic mass is 10.1. The van der Waals surface area contributed by atoms with Gasteiger partial charge in [-0.2, -0.15) is 0 Å². The molecule has 1 aromatic heterocycles. The Morgan fingerprint density at radius 3 is 2.70 bits per heavy atom. The van der Waals surface area contributed by atoms with E-state index in [1.54, 1.807) is 26.8 Å². The smallest absolute Gasteiger partial charge is 0.339 e. The number of pyridine rings is 1. The number of aryl methyl sites for hydroxylation is 2. The molecule has 2 rings (SSSR count). The molecule has 0 saturated carbocycles. The molecular weight excluding hydrogens is 262 g/mol. The van der Waals surface area contributed by atoms with E-state index in [-0.39, 0.29) is 17.9 Å². The van der Waals surface area contributed by atoms with E-state index in [0.717, 1.165) is 0 Å². The highest BCUT2D eigenvalue weighted by Gasteiger charge is 2.34. The van der Waals surface area contributed by atoms with Crippen LogP contribution in [0.15, 0.2) is 6.07 Å². The van der Waals surface area contributed by atoms with Crippen LogP contribution in [-0.2, 0) is 9.59 Å². The SMILES string of the molecule is Cc1cc(C)c(C(=O)O)c(N2CC(=O)NC(=O)C2C)n1. The lowest BCUT2D eigenvalue weighted by Crippen LogP contribution is -2.57. The van der Waals surface area contributed by atoms with Gasteiger partial charge in [-0.25, -0.2) is 9.78 Å². The molecule has 2 N–H and O–H groups in total. The zero-order valence-electron chi connectivity index (χ0n) is 11.4. The summed E-state index contributed by atoms with van der Waals surface area (Å²) in [4.78, 5) is 40.2. The molecule has 1 aromatic rings. The van der Waals surface area contributed by atoms with Crippen molar-refractivity contribution < 1.29 is 19.5 Å². The third-order valence-corrected chi connectivity index (χ3v) is 3.24. The maximum absolute atomic E-state index is 11.7. The first-order valence-electron chi connectivity index (χ1n) is 6.13. The van der Waals surface area contributed by atoms with Crippen LogP contribution in [-0.4, -0.2) is 40.5 Å². The molecule has 106 valence electrons. The highest BCUT2D eigenvalue weighted by molar-refractivity contribution is 6.05. The van der Waals surface area contributed by atoms with E-state index in [2.05, 4.69) is 10.3 Å². The van der Waals surface area contributed by atoms with E-state index in [1.807, 2.05) is 0 Å². The van der Waals surface area contributed by atoms with E-state index in [9.17, 15) is 19.5 Å². The molecule has 0 aliphatic carbocycles. The molecule has 2 heterocycles. The van der Waals surface area contributed by atoms with Gasteiger partial charge < -0.3 is 10.0 Å². The fraction of sp³-hybridized carbons (Fsp3) is 0.385. The number of aromatic nitrogens is 1. The summed E-state index contributed by atoms with van der Waals surface area (Å²) in [6.45, 7) is 4.91. The van der Waals surface area contributed by atoms with Crippen LogP contribution >= 0.6 is 0 Å². The normalized spacial score (nSPS) is 18.9. The van der Waals surface area contributed by atoms with Crippen molar-refractivity contribution in [3.8, 4) is 0 Å². The number of carboxylic acids is 1. The first kappa shape index (κ1) is 14.0. The molecule has 7 heteroatoms. The summed E-state index contributed by atoms with van der Waals surface area (Å²) < 4.78 is 0. The number of nitrogens with zero attached hydrogens (tertiary/aromatic N) is 2. The van der Waals surface area contributed by atoms with Crippen LogP contribution in [0.5, 0.6) is 0 Å². The van der Waals surface area contributed by atoms with Crippen LogP contribution in [0.1, 0.15) is 28.5 Å². The van der Waals surface area contributed by atoms with Crippen molar-refractivity contribution in [1.29, 1.82) is 0 Å². The second-order valence-electron chi connectivity index (χ2n) is 4.80. The number of anilines is 1. The fourth-order valence-corrected chi connectivity index (χ4v) is 2.26. The summed E-state index contributed by atoms with van der Waals surface area (Å²) in [5.41, 5.74) is 1.20. The molecule has 1 aliphatic heterocycles. The minimum atomic E-state index is -1.13. The Balaban J connectivity index is 2.58. The van der Waals surface area contributed by atoms with Gasteiger partial charge in [0.05, 0.1) is 6.54 Å². The average molecular weight is 277 g/mol. The number of carbonyl (C=O) groups is 3. The van der Waals surface area contributed by atoms with Gasteiger partial charge in [-0.15, -0.1) is 0 Å². The maximum atomic E-state index is 11.7. The molecule has 1 aliphatic rings. The van der Waals surface area contributed by atoms with Crippen molar-refractivity contribution in [3.63, 3.8) is 0 Å². The summed E-state index contributed by atoms with van der Waals surface area (Å²) in [5, 5.41) is 11.5. The number of amides is 2. The molecule has 0 bridgehead atoms. The summed E-state index contributed by atoms with van der Waals surface area (Å²) in [6, 6.07) is 1.00. The van der Waals surface area contributed by atoms with Gasteiger partial charge in [0.25, 0.3) is 0 Å². The molecular formula is C13H15N3O4. The van der Waals surface area contributed by atoms with E-state index < -0.39 is 23.8 Å². The van der Waals surface area contributed by atoms with Crippen molar-refractivity contribution in [1.82, 2.24) is 10.3 Å². The number of piperazine rings is 1. The van der Waals surface area contributed by atoms with Gasteiger partial charge in [-0.1, -0.05) is 0 Å². The summed E-state index contributed by atoms with van der Waals surface area (Å²) in [5.74, 6) is -1.90. The molecule has 1 saturated heterocycles. The molecule has 1 fully saturated rings. The highest BCUT2D eigenvalue weighted by atomic mass is 16.4. The molecule has 0 radical (unpaired) electrons. The van der Waals surface area contributed by atoms with Gasteiger partial charge in [-0.3, -0.25) is 14.9 Å². The predicted molar refractivity (Wildman–Crippen MR) is 70.6 cm³/mol. The largest absolute Gasteiger partial charge is 0.478 e. The van der Waals surface area contributed by atoms with E-state index in [1.165, 1.54) is 4.90 Å². The summed E-state index contributed by atoms with van der Waals surface area (Å²) >= 11 is 0. The van der Waals surface area contributed by atoms with Crippen LogP contribution in [0.2, 0.25) is 0 Å². The zero-order valence-corrected chi connectivity index (χ0v) is 11.4. The Bertz CT molecular complexity index is 612. The van der Waals surface area contributed by atoms with E-state index >= 15 is 0 Å². The first-order chi connectivity index (χ1) is 9.31. The Labute approximate surface area is 115 Å². The van der Waals surface area contributed by atoms with E-state index in [4.69, 9.17) is 0 Å². The monoisotopic (exact) mass is 277 g/mol. The number of carboxylic acid groups (broad SMARTS) is 1. The minimum Gasteiger partial charge on any atom is -0.478 e. The number of imide groups is 1.